The van der Waals surface area contributed by atoms with Crippen molar-refractivity contribution in [3.05, 3.63) is 122 Å². The third-order valence-electron chi connectivity index (χ3n) is 6.50. The van der Waals surface area contributed by atoms with Crippen molar-refractivity contribution >= 4 is 27.5 Å². The summed E-state index contributed by atoms with van der Waals surface area (Å²) in [6.07, 6.45) is 3.68. The van der Waals surface area contributed by atoms with Crippen molar-refractivity contribution in [2.45, 2.75) is 0 Å². The molecule has 0 saturated carbocycles. The molecule has 0 bridgehead atoms. The van der Waals surface area contributed by atoms with Gasteiger partial charge in [0.2, 0.25) is 0 Å². The van der Waals surface area contributed by atoms with E-state index < -0.39 is 0 Å². The Labute approximate surface area is 202 Å². The summed E-state index contributed by atoms with van der Waals surface area (Å²) >= 11 is 0. The zero-order chi connectivity index (χ0) is 23.2. The summed E-state index contributed by atoms with van der Waals surface area (Å²) in [6, 6.07) is 37.6. The van der Waals surface area contributed by atoms with Crippen LogP contribution in [0.4, 0.5) is 0 Å². The van der Waals surface area contributed by atoms with Crippen LogP contribution in [-0.4, -0.2) is 19.4 Å². The molecule has 35 heavy (non-hydrogen) atoms. The minimum Gasteiger partial charge on any atom is -0.276 e. The number of pyridine rings is 3. The fraction of sp³-hybridized carbons (Fsp3) is 0. The maximum absolute atomic E-state index is 5.14. The van der Waals surface area contributed by atoms with Crippen molar-refractivity contribution in [1.82, 2.24) is 19.4 Å². The summed E-state index contributed by atoms with van der Waals surface area (Å²) < 4.78 is 2.17. The Kier molecular flexibility index (Phi) is 4.42. The van der Waals surface area contributed by atoms with Crippen LogP contribution >= 0.6 is 0 Å². The molecule has 4 nitrogen and oxygen atoms in total. The number of hydrogen-bond donors (Lipinski definition) is 0. The minimum absolute atomic E-state index is 0.880. The van der Waals surface area contributed by atoms with E-state index in [1.807, 2.05) is 42.7 Å². The van der Waals surface area contributed by atoms with Crippen molar-refractivity contribution in [3.8, 4) is 33.8 Å². The molecular formula is C31H20N4. The van der Waals surface area contributed by atoms with Crippen LogP contribution in [0, 0.1) is 0 Å². The van der Waals surface area contributed by atoms with Crippen molar-refractivity contribution in [2.24, 2.45) is 0 Å². The highest BCUT2D eigenvalue weighted by atomic mass is 15.1. The first kappa shape index (κ1) is 19.6. The number of aromatic nitrogens is 4. The molecule has 7 aromatic rings. The summed E-state index contributed by atoms with van der Waals surface area (Å²) in [5.41, 5.74) is 8.29. The molecule has 4 heteroatoms. The first-order valence-corrected chi connectivity index (χ1v) is 11.6. The van der Waals surface area contributed by atoms with Gasteiger partial charge in [-0.1, -0.05) is 78.9 Å². The number of imidazole rings is 1. The summed E-state index contributed by atoms with van der Waals surface area (Å²) in [5.74, 6) is 0.880. The fourth-order valence-electron chi connectivity index (χ4n) is 4.83. The van der Waals surface area contributed by atoms with Gasteiger partial charge in [0.1, 0.15) is 11.5 Å². The van der Waals surface area contributed by atoms with Crippen LogP contribution in [0.25, 0.3) is 61.2 Å². The molecule has 0 fully saturated rings. The molecule has 0 aliphatic heterocycles. The lowest BCUT2D eigenvalue weighted by Crippen LogP contribution is -1.94. The van der Waals surface area contributed by atoms with E-state index in [9.17, 15) is 0 Å². The zero-order valence-corrected chi connectivity index (χ0v) is 18.8. The molecule has 7 rings (SSSR count). The van der Waals surface area contributed by atoms with E-state index in [-0.39, 0.29) is 0 Å². The molecule has 0 radical (unpaired) electrons. The second-order valence-corrected chi connectivity index (χ2v) is 8.58. The monoisotopic (exact) mass is 448 g/mol. The third-order valence-corrected chi connectivity index (χ3v) is 6.50. The average Bonchev–Trinajstić information content (AvgIpc) is 3.34. The highest BCUT2D eigenvalue weighted by Crippen LogP contribution is 2.34. The molecule has 0 saturated heterocycles. The van der Waals surface area contributed by atoms with Gasteiger partial charge in [0.25, 0.3) is 0 Å². The van der Waals surface area contributed by atoms with Gasteiger partial charge in [-0.25, -0.2) is 9.97 Å². The molecule has 0 aliphatic carbocycles. The Bertz CT molecular complexity index is 1830. The Morgan fingerprint density at radius 3 is 2.11 bits per heavy atom. The predicted molar refractivity (Wildman–Crippen MR) is 142 cm³/mol. The van der Waals surface area contributed by atoms with Gasteiger partial charge >= 0.3 is 0 Å². The molecule has 0 N–H and O–H groups in total. The van der Waals surface area contributed by atoms with E-state index >= 15 is 0 Å². The molecule has 4 aromatic heterocycles. The standard InChI is InChI=1S/C31H20N4/c1-2-7-23(8-3-1)29-27-18-17-24-11-6-20-33-30(24)35(27)31(34-29)25-15-13-21(14-16-25)26-12-4-9-22-10-5-19-32-28(22)26/h1-20H. The number of fused-ring (bicyclic) bond motifs is 4. The normalized spacial score (nSPS) is 11.4. The van der Waals surface area contributed by atoms with Crippen LogP contribution in [0.1, 0.15) is 0 Å². The molecule has 0 aliphatic rings. The van der Waals surface area contributed by atoms with Crippen LogP contribution in [0.15, 0.2) is 122 Å². The topological polar surface area (TPSA) is 43.1 Å². The first-order chi connectivity index (χ1) is 17.4. The van der Waals surface area contributed by atoms with E-state index in [2.05, 4.69) is 88.2 Å². The van der Waals surface area contributed by atoms with E-state index in [0.717, 1.165) is 61.2 Å². The molecule has 0 unspecified atom stereocenters. The second-order valence-electron chi connectivity index (χ2n) is 8.58. The summed E-state index contributed by atoms with van der Waals surface area (Å²) in [7, 11) is 0. The van der Waals surface area contributed by atoms with Crippen LogP contribution in [-0.2, 0) is 0 Å². The van der Waals surface area contributed by atoms with Gasteiger partial charge in [-0.15, -0.1) is 0 Å². The van der Waals surface area contributed by atoms with Crippen LogP contribution in [0.5, 0.6) is 0 Å². The fourth-order valence-corrected chi connectivity index (χ4v) is 4.83. The maximum atomic E-state index is 5.14. The quantitative estimate of drug-likeness (QED) is 0.282. The molecular weight excluding hydrogens is 428 g/mol. The SMILES string of the molecule is c1ccc(-c2nc(-c3ccc(-c4cccc5cccnc45)cc3)n3c2ccc2cccnc23)cc1. The van der Waals surface area contributed by atoms with Gasteiger partial charge < -0.3 is 0 Å². The zero-order valence-electron chi connectivity index (χ0n) is 18.8. The lowest BCUT2D eigenvalue weighted by Gasteiger charge is -2.08. The summed E-state index contributed by atoms with van der Waals surface area (Å²) in [4.78, 5) is 14.5. The Morgan fingerprint density at radius 1 is 0.514 bits per heavy atom. The maximum Gasteiger partial charge on any atom is 0.146 e. The van der Waals surface area contributed by atoms with Crippen molar-refractivity contribution in [1.29, 1.82) is 0 Å². The van der Waals surface area contributed by atoms with Gasteiger partial charge in [-0.3, -0.25) is 9.38 Å². The molecule has 164 valence electrons. The van der Waals surface area contributed by atoms with E-state index in [1.165, 1.54) is 0 Å². The lowest BCUT2D eigenvalue weighted by molar-refractivity contribution is 1.17. The van der Waals surface area contributed by atoms with Gasteiger partial charge in [0.05, 0.1) is 16.7 Å². The number of hydrogen-bond acceptors (Lipinski definition) is 3. The van der Waals surface area contributed by atoms with Gasteiger partial charge in [-0.05, 0) is 35.9 Å². The highest BCUT2D eigenvalue weighted by Gasteiger charge is 2.17. The largest absolute Gasteiger partial charge is 0.276 e. The van der Waals surface area contributed by atoms with Crippen LogP contribution < -0.4 is 0 Å². The molecule has 0 spiro atoms. The van der Waals surface area contributed by atoms with Gasteiger partial charge in [0.15, 0.2) is 0 Å². The van der Waals surface area contributed by atoms with Crippen molar-refractivity contribution in [3.63, 3.8) is 0 Å². The number of rotatable bonds is 3. The number of nitrogens with zero attached hydrogens (tertiary/aromatic N) is 4. The smallest absolute Gasteiger partial charge is 0.146 e. The predicted octanol–water partition coefficient (Wildman–Crippen LogP) is 7.43. The lowest BCUT2D eigenvalue weighted by atomic mass is 10.0. The summed E-state index contributed by atoms with van der Waals surface area (Å²) in [5, 5.41) is 2.22. The second kappa shape index (κ2) is 7.89. The van der Waals surface area contributed by atoms with Crippen molar-refractivity contribution < 1.29 is 0 Å². The van der Waals surface area contributed by atoms with Crippen LogP contribution in [0.2, 0.25) is 0 Å². The Hall–Kier alpha value is -4.83. The molecule has 0 amide bonds. The Morgan fingerprint density at radius 2 is 1.26 bits per heavy atom. The van der Waals surface area contributed by atoms with E-state index in [4.69, 9.17) is 9.97 Å². The third kappa shape index (κ3) is 3.19. The van der Waals surface area contributed by atoms with E-state index in [1.54, 1.807) is 0 Å². The van der Waals surface area contributed by atoms with Gasteiger partial charge in [0, 0.05) is 39.9 Å². The highest BCUT2D eigenvalue weighted by molar-refractivity contribution is 5.94. The first-order valence-electron chi connectivity index (χ1n) is 11.6. The van der Waals surface area contributed by atoms with E-state index in [0.29, 0.717) is 0 Å². The molecule has 0 atom stereocenters. The van der Waals surface area contributed by atoms with Gasteiger partial charge in [-0.2, -0.15) is 0 Å². The average molecular weight is 449 g/mol. The summed E-state index contributed by atoms with van der Waals surface area (Å²) in [6.45, 7) is 0. The van der Waals surface area contributed by atoms with Crippen molar-refractivity contribution in [2.75, 3.05) is 0 Å². The molecule has 3 aromatic carbocycles. The molecule has 4 heterocycles. The van der Waals surface area contributed by atoms with Crippen LogP contribution in [0.3, 0.4) is 0 Å². The minimum atomic E-state index is 0.880. The Balaban J connectivity index is 1.44. The number of benzene rings is 3. The number of para-hydroxylation sites is 1.